The van der Waals surface area contributed by atoms with E-state index in [2.05, 4.69) is 18.0 Å². The number of carbonyl (C=O) groups is 1. The van der Waals surface area contributed by atoms with E-state index in [9.17, 15) is 9.90 Å². The van der Waals surface area contributed by atoms with Gasteiger partial charge in [0.2, 0.25) is 5.91 Å². The van der Waals surface area contributed by atoms with Crippen molar-refractivity contribution in [3.8, 4) is 5.75 Å². The average molecular weight is 491 g/mol. The molecule has 1 aliphatic heterocycles. The smallest absolute Gasteiger partial charge is 0.226 e. The number of aromatic hydroxyl groups is 1. The second-order valence-corrected chi connectivity index (χ2v) is 10.5. The molecule has 1 saturated carbocycles. The van der Waals surface area contributed by atoms with E-state index < -0.39 is 0 Å². The minimum Gasteiger partial charge on any atom is -0.508 e. The third-order valence-corrected chi connectivity index (χ3v) is 8.59. The van der Waals surface area contributed by atoms with E-state index in [4.69, 9.17) is 27.9 Å². The summed E-state index contributed by atoms with van der Waals surface area (Å²) in [6.45, 7) is 1.77. The number of fused-ring (bicyclic) bond motifs is 1. The van der Waals surface area contributed by atoms with E-state index >= 15 is 0 Å². The Morgan fingerprint density at radius 1 is 1.21 bits per heavy atom. The molecule has 5 nitrogen and oxygen atoms in total. The zero-order valence-corrected chi connectivity index (χ0v) is 21.0. The van der Waals surface area contributed by atoms with Crippen molar-refractivity contribution < 1.29 is 14.6 Å². The van der Waals surface area contributed by atoms with Gasteiger partial charge in [0.1, 0.15) is 5.75 Å². The van der Waals surface area contributed by atoms with E-state index in [-0.39, 0.29) is 35.1 Å². The highest BCUT2D eigenvalue weighted by atomic mass is 35.5. The lowest BCUT2D eigenvalue weighted by molar-refractivity contribution is -0.157. The van der Waals surface area contributed by atoms with Gasteiger partial charge in [-0.25, -0.2) is 0 Å². The quantitative estimate of drug-likeness (QED) is 0.646. The molecule has 1 amide bonds. The van der Waals surface area contributed by atoms with E-state index in [1.165, 1.54) is 0 Å². The fourth-order valence-corrected chi connectivity index (χ4v) is 6.28. The van der Waals surface area contributed by atoms with Crippen molar-refractivity contribution in [3.63, 3.8) is 0 Å². The molecule has 1 heterocycles. The fourth-order valence-electron chi connectivity index (χ4n) is 5.96. The summed E-state index contributed by atoms with van der Waals surface area (Å²) in [5.74, 6) is 0.319. The molecule has 2 aromatic carbocycles. The van der Waals surface area contributed by atoms with Crippen LogP contribution in [0.1, 0.15) is 36.8 Å². The Morgan fingerprint density at radius 3 is 2.70 bits per heavy atom. The number of likely N-dealkylation sites (N-methyl/N-ethyl adjacent to an activating group) is 2. The number of amides is 1. The van der Waals surface area contributed by atoms with Crippen LogP contribution in [0.25, 0.3) is 0 Å². The number of hydrogen-bond donors (Lipinski definition) is 1. The van der Waals surface area contributed by atoms with Gasteiger partial charge in [-0.3, -0.25) is 4.79 Å². The number of phenols is 1. The number of phenolic OH excluding ortho intramolecular Hbond substituents is 1. The second kappa shape index (κ2) is 9.46. The molecule has 2 aliphatic rings. The predicted molar refractivity (Wildman–Crippen MR) is 132 cm³/mol. The summed E-state index contributed by atoms with van der Waals surface area (Å²) < 4.78 is 6.31. The van der Waals surface area contributed by atoms with Crippen LogP contribution in [0, 0.1) is 0 Å². The summed E-state index contributed by atoms with van der Waals surface area (Å²) in [4.78, 5) is 17.5. The number of rotatable bonds is 5. The summed E-state index contributed by atoms with van der Waals surface area (Å²) in [7, 11) is 5.83. The molecular weight excluding hydrogens is 459 g/mol. The van der Waals surface area contributed by atoms with Crippen LogP contribution < -0.4 is 0 Å². The standard InChI is InChI=1S/C26H32Cl2N2O3/c1-29-12-11-25(19-5-4-6-21(31)15-19)16-20(9-10-26(25,17-29)33-3)30(2)24(32)14-18-7-8-22(27)23(28)13-18/h4-8,13,15,20,31H,9-12,14,16-17H2,1-3H3. The molecular formula is C26H32Cl2N2O3. The van der Waals surface area contributed by atoms with Crippen LogP contribution in [0.15, 0.2) is 42.5 Å². The number of halogens is 2. The monoisotopic (exact) mass is 490 g/mol. The number of methoxy groups -OCH3 is 1. The van der Waals surface area contributed by atoms with Gasteiger partial charge in [0.05, 0.1) is 22.1 Å². The molecule has 3 atom stereocenters. The van der Waals surface area contributed by atoms with Gasteiger partial charge in [0, 0.05) is 32.2 Å². The highest BCUT2D eigenvalue weighted by Gasteiger charge is 2.59. The van der Waals surface area contributed by atoms with Crippen molar-refractivity contribution >= 4 is 29.1 Å². The van der Waals surface area contributed by atoms with Gasteiger partial charge >= 0.3 is 0 Å². The van der Waals surface area contributed by atoms with Crippen LogP contribution in [0.5, 0.6) is 5.75 Å². The van der Waals surface area contributed by atoms with Crippen LogP contribution >= 0.6 is 23.2 Å². The van der Waals surface area contributed by atoms with Gasteiger partial charge in [0.25, 0.3) is 0 Å². The minimum absolute atomic E-state index is 0.0577. The average Bonchev–Trinajstić information content (AvgIpc) is 2.80. The van der Waals surface area contributed by atoms with Crippen LogP contribution in [-0.2, 0) is 21.4 Å². The highest BCUT2D eigenvalue weighted by molar-refractivity contribution is 6.42. The third kappa shape index (κ3) is 4.49. The topological polar surface area (TPSA) is 53.0 Å². The summed E-state index contributed by atoms with van der Waals surface area (Å²) in [5.41, 5.74) is 1.30. The molecule has 0 bridgehead atoms. The molecule has 2 fully saturated rings. The maximum Gasteiger partial charge on any atom is 0.226 e. The largest absolute Gasteiger partial charge is 0.508 e. The minimum atomic E-state index is -0.363. The Balaban J connectivity index is 1.62. The molecule has 1 N–H and O–H groups in total. The molecule has 0 radical (unpaired) electrons. The molecule has 3 unspecified atom stereocenters. The maximum absolute atomic E-state index is 13.2. The van der Waals surface area contributed by atoms with Crippen molar-refractivity contribution in [2.24, 2.45) is 0 Å². The van der Waals surface area contributed by atoms with Gasteiger partial charge in [-0.1, -0.05) is 41.4 Å². The Hall–Kier alpha value is -1.79. The lowest BCUT2D eigenvalue weighted by atomic mass is 9.55. The summed E-state index contributed by atoms with van der Waals surface area (Å²) >= 11 is 12.2. The van der Waals surface area contributed by atoms with Gasteiger partial charge in [-0.05, 0) is 74.7 Å². The SMILES string of the molecule is COC12CCC(N(C)C(=O)Cc3ccc(Cl)c(Cl)c3)CC1(c1cccc(O)c1)CCN(C)C2. The number of carbonyl (C=O) groups excluding carboxylic acids is 1. The van der Waals surface area contributed by atoms with Crippen LogP contribution in [-0.4, -0.2) is 66.8 Å². The number of benzene rings is 2. The van der Waals surface area contributed by atoms with Crippen LogP contribution in [0.4, 0.5) is 0 Å². The van der Waals surface area contributed by atoms with E-state index in [1.807, 2.05) is 30.1 Å². The van der Waals surface area contributed by atoms with Crippen molar-refractivity contribution in [3.05, 3.63) is 63.6 Å². The predicted octanol–water partition coefficient (Wildman–Crippen LogP) is 4.91. The molecule has 0 spiro atoms. The molecule has 178 valence electrons. The van der Waals surface area contributed by atoms with E-state index in [0.717, 1.165) is 49.9 Å². The van der Waals surface area contributed by atoms with Crippen LogP contribution in [0.3, 0.4) is 0 Å². The van der Waals surface area contributed by atoms with Gasteiger partial charge in [-0.15, -0.1) is 0 Å². The van der Waals surface area contributed by atoms with Crippen LogP contribution in [0.2, 0.25) is 10.0 Å². The molecule has 2 aromatic rings. The number of ether oxygens (including phenoxy) is 1. The zero-order chi connectivity index (χ0) is 23.8. The highest BCUT2D eigenvalue weighted by Crippen LogP contribution is 2.54. The van der Waals surface area contributed by atoms with Gasteiger partial charge < -0.3 is 19.6 Å². The molecule has 4 rings (SSSR count). The molecule has 7 heteroatoms. The number of piperidine rings is 1. The summed E-state index contributed by atoms with van der Waals surface area (Å²) in [6, 6.07) is 13.0. The zero-order valence-electron chi connectivity index (χ0n) is 19.5. The molecule has 1 aliphatic carbocycles. The maximum atomic E-state index is 13.2. The first kappa shape index (κ1) is 24.3. The lowest BCUT2D eigenvalue weighted by Crippen LogP contribution is -2.67. The lowest BCUT2D eigenvalue weighted by Gasteiger charge is -2.60. The number of likely N-dealkylation sites (tertiary alicyclic amines) is 1. The summed E-state index contributed by atoms with van der Waals surface area (Å²) in [5, 5.41) is 11.2. The van der Waals surface area contributed by atoms with Crippen molar-refractivity contribution in [1.82, 2.24) is 9.80 Å². The van der Waals surface area contributed by atoms with E-state index in [1.54, 1.807) is 25.3 Å². The molecule has 0 aromatic heterocycles. The van der Waals surface area contributed by atoms with E-state index in [0.29, 0.717) is 10.0 Å². The first-order valence-corrected chi connectivity index (χ1v) is 12.2. The van der Waals surface area contributed by atoms with Gasteiger partial charge in [0.15, 0.2) is 0 Å². The van der Waals surface area contributed by atoms with Crippen molar-refractivity contribution in [2.75, 3.05) is 34.3 Å². The second-order valence-electron chi connectivity index (χ2n) is 9.65. The Kier molecular flexibility index (Phi) is 6.97. The Labute approximate surface area is 206 Å². The fraction of sp³-hybridized carbons (Fsp3) is 0.500. The van der Waals surface area contributed by atoms with Crippen molar-refractivity contribution in [1.29, 1.82) is 0 Å². The number of nitrogens with zero attached hydrogens (tertiary/aromatic N) is 2. The Morgan fingerprint density at radius 2 is 2.00 bits per heavy atom. The number of hydrogen-bond acceptors (Lipinski definition) is 4. The first-order chi connectivity index (χ1) is 15.7. The Bertz CT molecular complexity index is 1030. The van der Waals surface area contributed by atoms with Crippen molar-refractivity contribution in [2.45, 2.75) is 49.2 Å². The normalized spacial score (nSPS) is 27.7. The molecule has 33 heavy (non-hydrogen) atoms. The third-order valence-electron chi connectivity index (χ3n) is 7.85. The summed E-state index contributed by atoms with van der Waals surface area (Å²) in [6.07, 6.45) is 3.69. The van der Waals surface area contributed by atoms with Gasteiger partial charge in [-0.2, -0.15) is 0 Å². The first-order valence-electron chi connectivity index (χ1n) is 11.4. The molecule has 1 saturated heterocycles.